The number of fused-ring (bicyclic) bond motifs is 2. The van der Waals surface area contributed by atoms with Crippen LogP contribution in [-0.4, -0.2) is 38.4 Å². The van der Waals surface area contributed by atoms with Gasteiger partial charge in [-0.15, -0.1) is 23.5 Å². The molecule has 2 aromatic rings. The van der Waals surface area contributed by atoms with Crippen molar-refractivity contribution >= 4 is 50.8 Å². The van der Waals surface area contributed by atoms with E-state index in [1.54, 1.807) is 40.6 Å². The van der Waals surface area contributed by atoms with E-state index in [1.807, 2.05) is 30.3 Å². The number of hydrogen-bond donors (Lipinski definition) is 0. The van der Waals surface area contributed by atoms with Gasteiger partial charge in [-0.25, -0.2) is 8.42 Å². The van der Waals surface area contributed by atoms with E-state index in [2.05, 4.69) is 6.92 Å². The van der Waals surface area contributed by atoms with Crippen molar-refractivity contribution in [1.29, 1.82) is 0 Å². The first-order valence-corrected chi connectivity index (χ1v) is 13.1. The van der Waals surface area contributed by atoms with Gasteiger partial charge in [0.05, 0.1) is 16.3 Å². The number of anilines is 2. The van der Waals surface area contributed by atoms with E-state index >= 15 is 0 Å². The third kappa shape index (κ3) is 3.90. The third-order valence-electron chi connectivity index (χ3n) is 5.23. The summed E-state index contributed by atoms with van der Waals surface area (Å²) >= 11 is 3.41. The Labute approximate surface area is 180 Å². The van der Waals surface area contributed by atoms with E-state index < -0.39 is 10.0 Å². The fraction of sp³-hybridized carbons (Fsp3) is 0.381. The van der Waals surface area contributed by atoms with E-state index in [0.717, 1.165) is 34.1 Å². The van der Waals surface area contributed by atoms with Gasteiger partial charge < -0.3 is 4.90 Å². The zero-order chi connectivity index (χ0) is 20.6. The van der Waals surface area contributed by atoms with Crippen LogP contribution in [0.25, 0.3) is 0 Å². The minimum Gasteiger partial charge on any atom is -0.311 e. The molecule has 2 aromatic carbocycles. The molecule has 2 aliphatic heterocycles. The first-order valence-electron chi connectivity index (χ1n) is 9.75. The van der Waals surface area contributed by atoms with Gasteiger partial charge in [0.25, 0.3) is 10.0 Å². The van der Waals surface area contributed by atoms with Crippen molar-refractivity contribution in [3.8, 4) is 0 Å². The Balaban J connectivity index is 1.80. The molecule has 0 spiro atoms. The molecule has 0 fully saturated rings. The Morgan fingerprint density at radius 1 is 1.14 bits per heavy atom. The second-order valence-corrected chi connectivity index (χ2v) is 11.5. The van der Waals surface area contributed by atoms with Crippen molar-refractivity contribution in [3.05, 3.63) is 42.5 Å². The van der Waals surface area contributed by atoms with Crippen molar-refractivity contribution in [2.75, 3.05) is 28.0 Å². The second kappa shape index (κ2) is 8.24. The highest BCUT2D eigenvalue weighted by atomic mass is 32.2. The van der Waals surface area contributed by atoms with Gasteiger partial charge in [0.2, 0.25) is 5.91 Å². The molecular formula is C21H24N2O3S3. The summed E-state index contributed by atoms with van der Waals surface area (Å²) in [7, 11) is -3.74. The minimum atomic E-state index is -3.74. The SMILES string of the molecule is CCC1CN(S(=O)(=O)c2ccc3c(c2)N(C(C)=O)CCCS3)c2ccccc2S1. The minimum absolute atomic E-state index is 0.0611. The Morgan fingerprint density at radius 3 is 2.69 bits per heavy atom. The van der Waals surface area contributed by atoms with E-state index in [4.69, 9.17) is 0 Å². The molecule has 1 atom stereocenters. The summed E-state index contributed by atoms with van der Waals surface area (Å²) in [5, 5.41) is 0.213. The van der Waals surface area contributed by atoms with Crippen LogP contribution < -0.4 is 9.21 Å². The summed E-state index contributed by atoms with van der Waals surface area (Å²) < 4.78 is 28.9. The van der Waals surface area contributed by atoms with Gasteiger partial charge in [0.1, 0.15) is 0 Å². The van der Waals surface area contributed by atoms with Crippen LogP contribution in [0.2, 0.25) is 0 Å². The molecule has 0 bridgehead atoms. The Kier molecular flexibility index (Phi) is 5.86. The average Bonchev–Trinajstić information content (AvgIpc) is 2.94. The van der Waals surface area contributed by atoms with Crippen LogP contribution in [0.1, 0.15) is 26.7 Å². The number of carbonyl (C=O) groups is 1. The van der Waals surface area contributed by atoms with Gasteiger partial charge in [0.15, 0.2) is 0 Å². The fourth-order valence-electron chi connectivity index (χ4n) is 3.67. The van der Waals surface area contributed by atoms with Gasteiger partial charge in [-0.05, 0) is 48.9 Å². The van der Waals surface area contributed by atoms with Crippen LogP contribution in [0, 0.1) is 0 Å². The molecule has 154 valence electrons. The number of carbonyl (C=O) groups excluding carboxylic acids is 1. The first kappa shape index (κ1) is 20.6. The normalized spacial score (nSPS) is 19.3. The van der Waals surface area contributed by atoms with Gasteiger partial charge in [-0.2, -0.15) is 0 Å². The molecule has 5 nitrogen and oxygen atoms in total. The molecule has 0 saturated heterocycles. The number of benzene rings is 2. The summed E-state index contributed by atoms with van der Waals surface area (Å²) in [6.45, 7) is 4.67. The van der Waals surface area contributed by atoms with Crippen LogP contribution in [0.4, 0.5) is 11.4 Å². The molecule has 0 aromatic heterocycles. The monoisotopic (exact) mass is 448 g/mol. The van der Waals surface area contributed by atoms with E-state index in [0.29, 0.717) is 18.8 Å². The van der Waals surface area contributed by atoms with E-state index in [-0.39, 0.29) is 16.1 Å². The molecule has 4 rings (SSSR count). The van der Waals surface area contributed by atoms with Crippen LogP contribution in [0.3, 0.4) is 0 Å². The molecule has 2 aliphatic rings. The van der Waals surface area contributed by atoms with Crippen LogP contribution in [0.15, 0.2) is 57.2 Å². The van der Waals surface area contributed by atoms with Gasteiger partial charge in [0, 0.05) is 35.1 Å². The van der Waals surface area contributed by atoms with Gasteiger partial charge >= 0.3 is 0 Å². The number of amides is 1. The topological polar surface area (TPSA) is 57.7 Å². The van der Waals surface area contributed by atoms with E-state index in [1.165, 1.54) is 11.2 Å². The number of rotatable bonds is 3. The van der Waals surface area contributed by atoms with Gasteiger partial charge in [-0.3, -0.25) is 9.10 Å². The maximum atomic E-state index is 13.7. The Bertz CT molecular complexity index is 1040. The zero-order valence-corrected chi connectivity index (χ0v) is 18.9. The molecule has 0 radical (unpaired) electrons. The molecule has 0 aliphatic carbocycles. The third-order valence-corrected chi connectivity index (χ3v) is 9.56. The second-order valence-electron chi connectivity index (χ2n) is 7.15. The predicted molar refractivity (Wildman–Crippen MR) is 121 cm³/mol. The number of sulfonamides is 1. The zero-order valence-electron chi connectivity index (χ0n) is 16.5. The Hall–Kier alpha value is -1.64. The summed E-state index contributed by atoms with van der Waals surface area (Å²) in [6.07, 6.45) is 1.78. The lowest BCUT2D eigenvalue weighted by atomic mass is 10.2. The highest BCUT2D eigenvalue weighted by molar-refractivity contribution is 8.00. The van der Waals surface area contributed by atoms with Crippen molar-refractivity contribution in [1.82, 2.24) is 0 Å². The molecule has 29 heavy (non-hydrogen) atoms. The lowest BCUT2D eigenvalue weighted by Gasteiger charge is -2.34. The smallest absolute Gasteiger partial charge is 0.264 e. The molecule has 8 heteroatoms. The Morgan fingerprint density at radius 2 is 1.93 bits per heavy atom. The average molecular weight is 449 g/mol. The van der Waals surface area contributed by atoms with Crippen molar-refractivity contribution in [2.45, 2.75) is 46.6 Å². The summed E-state index contributed by atoms with van der Waals surface area (Å²) in [4.78, 5) is 16.1. The largest absolute Gasteiger partial charge is 0.311 e. The summed E-state index contributed by atoms with van der Waals surface area (Å²) in [5.74, 6) is 0.853. The number of thioether (sulfide) groups is 2. The number of nitrogens with zero attached hydrogens (tertiary/aromatic N) is 2. The van der Waals surface area contributed by atoms with Crippen LogP contribution in [0.5, 0.6) is 0 Å². The molecular weight excluding hydrogens is 424 g/mol. The maximum absolute atomic E-state index is 13.7. The number of para-hydroxylation sites is 1. The van der Waals surface area contributed by atoms with Crippen molar-refractivity contribution in [2.24, 2.45) is 0 Å². The quantitative estimate of drug-likeness (QED) is 0.686. The van der Waals surface area contributed by atoms with Crippen molar-refractivity contribution in [3.63, 3.8) is 0 Å². The molecule has 1 amide bonds. The van der Waals surface area contributed by atoms with E-state index in [9.17, 15) is 13.2 Å². The van der Waals surface area contributed by atoms with Crippen LogP contribution >= 0.6 is 23.5 Å². The first-order chi connectivity index (χ1) is 13.9. The number of hydrogen-bond acceptors (Lipinski definition) is 5. The maximum Gasteiger partial charge on any atom is 0.264 e. The molecule has 0 N–H and O–H groups in total. The predicted octanol–water partition coefficient (Wildman–Crippen LogP) is 4.61. The molecule has 1 unspecified atom stereocenters. The lowest BCUT2D eigenvalue weighted by Crippen LogP contribution is -2.39. The standard InChI is InChI=1S/C21H24N2O3S3/c1-3-16-14-23(18-7-4-5-8-21(18)28-16)29(25,26)17-9-10-20-19(13-17)22(15(2)24)11-6-12-27-20/h4-5,7-10,13,16H,3,6,11-12,14H2,1-2H3. The fourth-order valence-corrected chi connectivity index (χ4v) is 7.55. The van der Waals surface area contributed by atoms with Crippen molar-refractivity contribution < 1.29 is 13.2 Å². The molecule has 2 heterocycles. The summed E-state index contributed by atoms with van der Waals surface area (Å²) in [6, 6.07) is 12.9. The van der Waals surface area contributed by atoms with Gasteiger partial charge in [-0.1, -0.05) is 19.1 Å². The summed E-state index contributed by atoms with van der Waals surface area (Å²) in [5.41, 5.74) is 1.43. The highest BCUT2D eigenvalue weighted by Crippen LogP contribution is 2.43. The van der Waals surface area contributed by atoms with Crippen LogP contribution in [-0.2, 0) is 14.8 Å². The highest BCUT2D eigenvalue weighted by Gasteiger charge is 2.34. The molecule has 0 saturated carbocycles. The lowest BCUT2D eigenvalue weighted by molar-refractivity contribution is -0.116.